The summed E-state index contributed by atoms with van der Waals surface area (Å²) in [4.78, 5) is 13.4. The van der Waals surface area contributed by atoms with Crippen LogP contribution in [0.1, 0.15) is 190 Å². The smallest absolute Gasteiger partial charge is 0.343 e. The third-order valence-electron chi connectivity index (χ3n) is 10.0. The molecule has 3 aromatic rings. The van der Waals surface area contributed by atoms with Crippen LogP contribution in [0.25, 0.3) is 0 Å². The van der Waals surface area contributed by atoms with Crippen LogP contribution in [-0.2, 0) is 15.3 Å². The number of unbranched alkanes of at least 4 members (excludes halogenated alkanes) is 20. The normalized spacial score (nSPS) is 12.1. The van der Waals surface area contributed by atoms with E-state index in [2.05, 4.69) is 25.7 Å². The van der Waals surface area contributed by atoms with Gasteiger partial charge < -0.3 is 9.47 Å². The molecule has 55 heavy (non-hydrogen) atoms. The average molecular weight is 771 g/mol. The molecular weight excluding hydrogens is 701 g/mol. The molecule has 3 aromatic carbocycles. The molecule has 0 aromatic heterocycles. The van der Waals surface area contributed by atoms with Crippen LogP contribution in [-0.4, -0.2) is 22.9 Å². The third-order valence-corrected chi connectivity index (χ3v) is 11.2. The second kappa shape index (κ2) is 29.8. The van der Waals surface area contributed by atoms with Gasteiger partial charge in [0.15, 0.2) is 11.1 Å². The topological polar surface area (TPSA) is 61.8 Å². The van der Waals surface area contributed by atoms with Crippen LogP contribution in [0.15, 0.2) is 77.7 Å². The summed E-state index contributed by atoms with van der Waals surface area (Å²) in [7, 11) is 0. The molecule has 0 saturated heterocycles. The van der Waals surface area contributed by atoms with Crippen molar-refractivity contribution in [1.82, 2.24) is 0 Å². The van der Waals surface area contributed by atoms with Crippen molar-refractivity contribution in [2.24, 2.45) is 0 Å². The van der Waals surface area contributed by atoms with Crippen LogP contribution in [0, 0.1) is 11.8 Å². The first-order valence-corrected chi connectivity index (χ1v) is 22.8. The molecule has 6 heteroatoms. The first kappa shape index (κ1) is 46.0. The fraction of sp³-hybridized carbons (Fsp3) is 0.571. The van der Waals surface area contributed by atoms with Gasteiger partial charge in [-0.25, -0.2) is 9.00 Å². The Balaban J connectivity index is 1.27. The van der Waals surface area contributed by atoms with Crippen molar-refractivity contribution in [3.63, 3.8) is 0 Å². The lowest BCUT2D eigenvalue weighted by Crippen LogP contribution is -2.10. The highest BCUT2D eigenvalue weighted by Gasteiger charge is 2.11. The lowest BCUT2D eigenvalue weighted by Gasteiger charge is -2.12. The van der Waals surface area contributed by atoms with E-state index < -0.39 is 17.0 Å². The Bertz CT molecular complexity index is 1500. The summed E-state index contributed by atoms with van der Waals surface area (Å²) in [6.07, 6.45) is 29.8. The summed E-state index contributed by atoms with van der Waals surface area (Å²) in [6, 6.07) is 21.6. The van der Waals surface area contributed by atoms with Crippen molar-refractivity contribution in [3.8, 4) is 23.3 Å². The first-order valence-electron chi connectivity index (χ1n) is 21.7. The number of ether oxygens (including phenoxy) is 2. The number of benzene rings is 3. The van der Waals surface area contributed by atoms with Crippen molar-refractivity contribution >= 4 is 17.0 Å². The molecule has 0 fully saturated rings. The molecule has 3 rings (SSSR count). The Morgan fingerprint density at radius 2 is 0.964 bits per heavy atom. The molecule has 0 radical (unpaired) electrons. The van der Waals surface area contributed by atoms with Crippen molar-refractivity contribution in [2.45, 2.75) is 179 Å². The molecule has 0 spiro atoms. The van der Waals surface area contributed by atoms with E-state index >= 15 is 0 Å². The Labute approximate surface area is 337 Å². The zero-order valence-corrected chi connectivity index (χ0v) is 35.2. The fourth-order valence-electron chi connectivity index (χ4n) is 6.56. The average Bonchev–Trinajstić information content (AvgIpc) is 3.20. The predicted molar refractivity (Wildman–Crippen MR) is 230 cm³/mol. The molecule has 0 heterocycles. The molecule has 5 nitrogen and oxygen atoms in total. The summed E-state index contributed by atoms with van der Waals surface area (Å²) in [5.74, 6) is 7.10. The zero-order valence-electron chi connectivity index (χ0n) is 34.4. The van der Waals surface area contributed by atoms with Gasteiger partial charge in [0.2, 0.25) is 0 Å². The number of esters is 1. The molecule has 0 N–H and O–H groups in total. The van der Waals surface area contributed by atoms with Crippen molar-refractivity contribution in [3.05, 3.63) is 89.5 Å². The molecule has 0 aliphatic heterocycles. The molecule has 0 aliphatic rings. The van der Waals surface area contributed by atoms with E-state index in [1.54, 1.807) is 24.3 Å². The minimum absolute atomic E-state index is 0.0452. The molecule has 302 valence electrons. The third kappa shape index (κ3) is 21.5. The van der Waals surface area contributed by atoms with E-state index in [0.717, 1.165) is 36.1 Å². The van der Waals surface area contributed by atoms with Crippen molar-refractivity contribution in [1.29, 1.82) is 0 Å². The van der Waals surface area contributed by atoms with Crippen molar-refractivity contribution < 1.29 is 22.7 Å². The van der Waals surface area contributed by atoms with Gasteiger partial charge in [-0.05, 0) is 92.6 Å². The predicted octanol–water partition coefficient (Wildman–Crippen LogP) is 14.1. The first-order chi connectivity index (χ1) is 27.0. The second-order valence-electron chi connectivity index (χ2n) is 15.1. The number of rotatable bonds is 30. The summed E-state index contributed by atoms with van der Waals surface area (Å²) in [5.41, 5.74) is 2.08. The summed E-state index contributed by atoms with van der Waals surface area (Å²) in [5, 5.41) is 0. The van der Waals surface area contributed by atoms with Crippen LogP contribution < -0.4 is 9.47 Å². The van der Waals surface area contributed by atoms with E-state index in [1.165, 1.54) is 128 Å². The maximum absolute atomic E-state index is 12.7. The van der Waals surface area contributed by atoms with Gasteiger partial charge in [-0.3, -0.25) is 4.18 Å². The van der Waals surface area contributed by atoms with Gasteiger partial charge in [-0.2, -0.15) is 0 Å². The number of hydrogen-bond acceptors (Lipinski definition) is 5. The molecule has 0 bridgehead atoms. The van der Waals surface area contributed by atoms with Crippen LogP contribution in [0.4, 0.5) is 0 Å². The van der Waals surface area contributed by atoms with E-state index in [-0.39, 0.29) is 6.10 Å². The van der Waals surface area contributed by atoms with Crippen molar-refractivity contribution in [2.75, 3.05) is 6.61 Å². The van der Waals surface area contributed by atoms with Crippen LogP contribution in [0.5, 0.6) is 11.5 Å². The monoisotopic (exact) mass is 770 g/mol. The highest BCUT2D eigenvalue weighted by molar-refractivity contribution is 7.80. The van der Waals surface area contributed by atoms with Crippen LogP contribution in [0.2, 0.25) is 0 Å². The number of carbonyl (C=O) groups excluding carboxylic acids is 1. The standard InChI is InChI=1S/C49H70O5S/c1-4-6-8-10-12-14-15-16-17-18-19-21-23-25-41-52-46-37-33-45(34-38-46)49(50)53-47-35-29-43(30-36-47)27-28-44-31-39-48(40-32-44)55(51)54-42(3)26-24-22-20-13-11-9-7-5-2/h29-40,42H,4-26,41H2,1-3H3. The lowest BCUT2D eigenvalue weighted by molar-refractivity contribution is 0.0734. The summed E-state index contributed by atoms with van der Waals surface area (Å²) >= 11 is -1.50. The highest BCUT2D eigenvalue weighted by Crippen LogP contribution is 2.19. The molecule has 2 atom stereocenters. The van der Waals surface area contributed by atoms with E-state index in [4.69, 9.17) is 13.7 Å². The molecule has 0 aliphatic carbocycles. The minimum atomic E-state index is -1.50. The maximum Gasteiger partial charge on any atom is 0.343 e. The molecular formula is C49H70O5S. The van der Waals surface area contributed by atoms with Gasteiger partial charge in [0.05, 0.1) is 23.2 Å². The Morgan fingerprint density at radius 1 is 0.545 bits per heavy atom. The highest BCUT2D eigenvalue weighted by atomic mass is 32.2. The van der Waals surface area contributed by atoms with Gasteiger partial charge in [0.25, 0.3) is 0 Å². The van der Waals surface area contributed by atoms with Gasteiger partial charge in [-0.15, -0.1) is 0 Å². The SMILES string of the molecule is CCCCCCCCCCCCCCCCOc1ccc(C(=O)Oc2ccc(C#Cc3ccc(S(=O)OC(C)CCCCCCCCCC)cc3)cc2)cc1. The Hall–Kier alpha value is -3.40. The molecule has 0 saturated carbocycles. The van der Waals surface area contributed by atoms with Gasteiger partial charge in [0.1, 0.15) is 11.5 Å². The second-order valence-corrected chi connectivity index (χ2v) is 16.2. The Morgan fingerprint density at radius 3 is 1.45 bits per heavy atom. The van der Waals surface area contributed by atoms with Crippen LogP contribution >= 0.6 is 0 Å². The molecule has 0 amide bonds. The summed E-state index contributed by atoms with van der Waals surface area (Å²) in [6.45, 7) is 7.21. The fourth-order valence-corrected chi connectivity index (χ4v) is 7.42. The number of carbonyl (C=O) groups is 1. The van der Waals surface area contributed by atoms with E-state index in [0.29, 0.717) is 22.8 Å². The van der Waals surface area contributed by atoms with E-state index in [1.807, 2.05) is 55.5 Å². The quantitative estimate of drug-likeness (QED) is 0.0292. The van der Waals surface area contributed by atoms with Crippen LogP contribution in [0.3, 0.4) is 0 Å². The maximum atomic E-state index is 12.7. The zero-order chi connectivity index (χ0) is 39.2. The molecule has 2 unspecified atom stereocenters. The Kier molecular flexibility index (Phi) is 24.9. The van der Waals surface area contributed by atoms with Gasteiger partial charge in [-0.1, -0.05) is 161 Å². The minimum Gasteiger partial charge on any atom is -0.494 e. The van der Waals surface area contributed by atoms with Gasteiger partial charge in [0, 0.05) is 11.1 Å². The summed E-state index contributed by atoms with van der Waals surface area (Å²) < 4.78 is 30.0. The largest absolute Gasteiger partial charge is 0.494 e. The lowest BCUT2D eigenvalue weighted by atomic mass is 10.0. The van der Waals surface area contributed by atoms with Gasteiger partial charge >= 0.3 is 5.97 Å². The number of hydrogen-bond donors (Lipinski definition) is 0. The van der Waals surface area contributed by atoms with E-state index in [9.17, 15) is 9.00 Å².